The van der Waals surface area contributed by atoms with Crippen LogP contribution in [0.15, 0.2) is 12.7 Å². The summed E-state index contributed by atoms with van der Waals surface area (Å²) in [4.78, 5) is 0. The minimum Gasteiger partial charge on any atom is -0.145 e. The lowest BCUT2D eigenvalue weighted by Crippen LogP contribution is -2.30. The van der Waals surface area contributed by atoms with Crippen molar-refractivity contribution in [3.63, 3.8) is 0 Å². The Bertz CT molecular complexity index is 124. The first-order valence-corrected chi connectivity index (χ1v) is 7.53. The van der Waals surface area contributed by atoms with Gasteiger partial charge in [0, 0.05) is 0 Å². The van der Waals surface area contributed by atoms with Gasteiger partial charge in [0.05, 0.1) is 0 Å². The minimum atomic E-state index is -2.08. The van der Waals surface area contributed by atoms with Crippen molar-refractivity contribution in [2.45, 2.75) is 31.9 Å². The normalized spacial score (nSPS) is 13.3. The summed E-state index contributed by atoms with van der Waals surface area (Å²) in [6, 6.07) is 0.764. The lowest BCUT2D eigenvalue weighted by Gasteiger charge is -2.30. The summed E-state index contributed by atoms with van der Waals surface area (Å²) in [7, 11) is 0. The van der Waals surface area contributed by atoms with Crippen LogP contribution in [0.2, 0.25) is 11.1 Å². The van der Waals surface area contributed by atoms with Crippen LogP contribution in [0.5, 0.6) is 0 Å². The molecule has 0 N–H and O–H groups in total. The molecule has 0 aliphatic rings. The number of halogens is 2. The van der Waals surface area contributed by atoms with Crippen molar-refractivity contribution in [2.75, 3.05) is 0 Å². The molecule has 0 aliphatic heterocycles. The molecule has 0 heterocycles. The molecule has 0 unspecified atom stereocenters. The fraction of sp³-hybridized carbons (Fsp3) is 0.714. The zero-order chi connectivity index (χ0) is 8.41. The van der Waals surface area contributed by atoms with Gasteiger partial charge in [-0.1, -0.05) is 26.8 Å². The third-order valence-electron chi connectivity index (χ3n) is 1.50. The van der Waals surface area contributed by atoms with E-state index in [2.05, 4.69) is 27.4 Å². The number of allylic oxidation sites excluding steroid dienone is 1. The standard InChI is InChI=1S/C7H14Cl2Si/c1-5-6-10(8,9)7(2,3)4/h5H,1,6H2,2-4H3. The molecule has 0 radical (unpaired) electrons. The lowest BCUT2D eigenvalue weighted by molar-refractivity contribution is 0.741. The first kappa shape index (κ1) is 10.5. The van der Waals surface area contributed by atoms with E-state index < -0.39 is 6.69 Å². The molecule has 0 nitrogen and oxygen atoms in total. The average molecular weight is 197 g/mol. The van der Waals surface area contributed by atoms with Crippen LogP contribution < -0.4 is 0 Å². The molecule has 60 valence electrons. The second-order valence-electron chi connectivity index (χ2n) is 3.45. The molecule has 0 atom stereocenters. The Hall–Kier alpha value is 0.537. The molecule has 0 aliphatic carbocycles. The van der Waals surface area contributed by atoms with E-state index in [1.807, 2.05) is 0 Å². The fourth-order valence-corrected chi connectivity index (χ4v) is 2.12. The molecule has 10 heavy (non-hydrogen) atoms. The summed E-state index contributed by atoms with van der Waals surface area (Å²) in [6.45, 7) is 7.76. The SMILES string of the molecule is C=CC[Si](Cl)(Cl)C(C)(C)C. The Morgan fingerprint density at radius 1 is 1.40 bits per heavy atom. The predicted octanol–water partition coefficient (Wildman–Crippen LogP) is 3.89. The summed E-state index contributed by atoms with van der Waals surface area (Å²) in [6.07, 6.45) is 1.80. The van der Waals surface area contributed by atoms with Crippen LogP contribution in [0.25, 0.3) is 0 Å². The van der Waals surface area contributed by atoms with Gasteiger partial charge in [-0.05, 0) is 11.1 Å². The zero-order valence-corrected chi connectivity index (χ0v) is 9.26. The first-order valence-electron chi connectivity index (χ1n) is 3.30. The summed E-state index contributed by atoms with van der Waals surface area (Å²) >= 11 is 12.3. The van der Waals surface area contributed by atoms with E-state index in [0.717, 1.165) is 6.04 Å². The van der Waals surface area contributed by atoms with Gasteiger partial charge < -0.3 is 0 Å². The van der Waals surface area contributed by atoms with Gasteiger partial charge >= 0.3 is 0 Å². The Balaban J connectivity index is 4.23. The second kappa shape index (κ2) is 3.29. The summed E-state index contributed by atoms with van der Waals surface area (Å²) < 4.78 is 0. The van der Waals surface area contributed by atoms with Crippen molar-refractivity contribution < 1.29 is 0 Å². The maximum Gasteiger partial charge on any atom is 0.260 e. The van der Waals surface area contributed by atoms with E-state index >= 15 is 0 Å². The first-order chi connectivity index (χ1) is 4.31. The van der Waals surface area contributed by atoms with Crippen LogP contribution >= 0.6 is 22.2 Å². The number of rotatable bonds is 2. The third-order valence-corrected chi connectivity index (χ3v) is 8.82. The molecule has 0 bridgehead atoms. The monoisotopic (exact) mass is 196 g/mol. The fourth-order valence-electron chi connectivity index (χ4n) is 0.487. The predicted molar refractivity (Wildman–Crippen MR) is 52.2 cm³/mol. The second-order valence-corrected chi connectivity index (χ2v) is 11.2. The molecule has 0 amide bonds. The average Bonchev–Trinajstić information content (AvgIpc) is 1.61. The molecular formula is C7H14Cl2Si. The Morgan fingerprint density at radius 2 is 1.80 bits per heavy atom. The summed E-state index contributed by atoms with van der Waals surface area (Å²) in [5.41, 5.74) is 0. The van der Waals surface area contributed by atoms with Gasteiger partial charge in [0.15, 0.2) is 0 Å². The van der Waals surface area contributed by atoms with Crippen LogP contribution in [0.4, 0.5) is 0 Å². The van der Waals surface area contributed by atoms with Gasteiger partial charge in [-0.15, -0.1) is 28.7 Å². The highest BCUT2D eigenvalue weighted by atomic mass is 35.7. The highest BCUT2D eigenvalue weighted by Gasteiger charge is 2.40. The van der Waals surface area contributed by atoms with Crippen molar-refractivity contribution in [1.82, 2.24) is 0 Å². The quantitative estimate of drug-likeness (QED) is 0.358. The van der Waals surface area contributed by atoms with Crippen LogP contribution in [-0.4, -0.2) is 6.69 Å². The van der Waals surface area contributed by atoms with E-state index in [4.69, 9.17) is 22.2 Å². The third kappa shape index (κ3) is 2.65. The van der Waals surface area contributed by atoms with E-state index in [1.54, 1.807) is 6.08 Å². The highest BCUT2D eigenvalue weighted by Crippen LogP contribution is 2.44. The van der Waals surface area contributed by atoms with Crippen LogP contribution in [-0.2, 0) is 0 Å². The molecule has 0 saturated carbocycles. The Morgan fingerprint density at radius 3 is 1.90 bits per heavy atom. The Kier molecular flexibility index (Phi) is 3.47. The van der Waals surface area contributed by atoms with Crippen molar-refractivity contribution >= 4 is 28.9 Å². The van der Waals surface area contributed by atoms with E-state index in [1.165, 1.54) is 0 Å². The van der Waals surface area contributed by atoms with Crippen LogP contribution in [0.1, 0.15) is 20.8 Å². The largest absolute Gasteiger partial charge is 0.260 e. The summed E-state index contributed by atoms with van der Waals surface area (Å²) in [5.74, 6) is 0. The van der Waals surface area contributed by atoms with E-state index in [9.17, 15) is 0 Å². The van der Waals surface area contributed by atoms with Gasteiger partial charge in [0.2, 0.25) is 0 Å². The van der Waals surface area contributed by atoms with Crippen molar-refractivity contribution in [3.8, 4) is 0 Å². The van der Waals surface area contributed by atoms with Gasteiger partial charge in [0.25, 0.3) is 6.69 Å². The molecular weight excluding hydrogens is 183 g/mol. The van der Waals surface area contributed by atoms with Gasteiger partial charge in [-0.3, -0.25) is 0 Å². The molecule has 0 aromatic heterocycles. The highest BCUT2D eigenvalue weighted by molar-refractivity contribution is 7.46. The number of hydrogen-bond donors (Lipinski definition) is 0. The summed E-state index contributed by atoms with van der Waals surface area (Å²) in [5, 5.41) is 0.0459. The lowest BCUT2D eigenvalue weighted by atomic mass is 10.3. The molecule has 0 saturated heterocycles. The maximum absolute atomic E-state index is 6.15. The van der Waals surface area contributed by atoms with Gasteiger partial charge in [-0.25, -0.2) is 0 Å². The smallest absolute Gasteiger partial charge is 0.145 e. The van der Waals surface area contributed by atoms with Crippen LogP contribution in [0, 0.1) is 0 Å². The van der Waals surface area contributed by atoms with Crippen LogP contribution in [0.3, 0.4) is 0 Å². The topological polar surface area (TPSA) is 0 Å². The minimum absolute atomic E-state index is 0.0459. The molecule has 0 aromatic rings. The molecule has 0 aromatic carbocycles. The number of hydrogen-bond acceptors (Lipinski definition) is 0. The van der Waals surface area contributed by atoms with Crippen molar-refractivity contribution in [2.24, 2.45) is 0 Å². The van der Waals surface area contributed by atoms with Gasteiger partial charge in [0.1, 0.15) is 0 Å². The van der Waals surface area contributed by atoms with Gasteiger partial charge in [-0.2, -0.15) is 0 Å². The van der Waals surface area contributed by atoms with E-state index in [0.29, 0.717) is 0 Å². The Labute approximate surface area is 73.6 Å². The molecule has 3 heteroatoms. The molecule has 0 spiro atoms. The zero-order valence-electron chi connectivity index (χ0n) is 6.75. The van der Waals surface area contributed by atoms with Crippen molar-refractivity contribution in [3.05, 3.63) is 12.7 Å². The van der Waals surface area contributed by atoms with Crippen molar-refractivity contribution in [1.29, 1.82) is 0 Å². The van der Waals surface area contributed by atoms with E-state index in [-0.39, 0.29) is 5.04 Å². The maximum atomic E-state index is 6.15. The molecule has 0 rings (SSSR count). The molecule has 0 fully saturated rings.